The van der Waals surface area contributed by atoms with Crippen LogP contribution >= 0.6 is 12.2 Å². The second-order valence-corrected chi connectivity index (χ2v) is 5.10. The molecule has 21 heavy (non-hydrogen) atoms. The van der Waals surface area contributed by atoms with Gasteiger partial charge in [0.2, 0.25) is 0 Å². The molecule has 5 N–H and O–H groups in total. The summed E-state index contributed by atoms with van der Waals surface area (Å²) in [5.74, 6) is 0.142. The average molecular weight is 313 g/mol. The lowest BCUT2D eigenvalue weighted by atomic mass is 10.1. The van der Waals surface area contributed by atoms with E-state index in [1.807, 2.05) is 0 Å². The molecule has 0 amide bonds. The van der Waals surface area contributed by atoms with Crippen molar-refractivity contribution in [1.82, 2.24) is 19.5 Å². The van der Waals surface area contributed by atoms with E-state index < -0.39 is 24.5 Å². The fourth-order valence-corrected chi connectivity index (χ4v) is 2.78. The molecule has 1 aliphatic rings. The Morgan fingerprint density at radius 3 is 3.00 bits per heavy atom. The Kier molecular flexibility index (Phi) is 3.63. The molecule has 0 aliphatic carbocycles. The smallest absolute Gasteiger partial charge is 0.200 e. The van der Waals surface area contributed by atoms with Crippen molar-refractivity contribution in [2.45, 2.75) is 24.5 Å². The Morgan fingerprint density at radius 2 is 2.38 bits per heavy atom. The predicted molar refractivity (Wildman–Crippen MR) is 74.9 cm³/mol. The van der Waals surface area contributed by atoms with E-state index in [-0.39, 0.29) is 17.2 Å². The molecule has 1 aliphatic heterocycles. The first kappa shape index (κ1) is 14.4. The molecule has 3 rings (SSSR count). The van der Waals surface area contributed by atoms with Crippen LogP contribution in [0.25, 0.3) is 11.2 Å². The first-order chi connectivity index (χ1) is 10.1. The summed E-state index contributed by atoms with van der Waals surface area (Å²) < 4.78 is 12.6. The van der Waals surface area contributed by atoms with E-state index in [1.165, 1.54) is 13.4 Å². The van der Waals surface area contributed by atoms with E-state index in [0.717, 1.165) is 0 Å². The van der Waals surface area contributed by atoms with Gasteiger partial charge in [0.1, 0.15) is 29.5 Å². The van der Waals surface area contributed by atoms with Crippen molar-refractivity contribution >= 4 is 29.3 Å². The lowest BCUT2D eigenvalue weighted by Crippen LogP contribution is -2.35. The highest BCUT2D eigenvalue weighted by Gasteiger charge is 2.45. The molecular weight excluding hydrogens is 298 g/mol. The molecule has 0 saturated carbocycles. The highest BCUT2D eigenvalue weighted by molar-refractivity contribution is 7.71. The number of imidazole rings is 1. The third-order valence-corrected chi connectivity index (χ3v) is 3.79. The number of fused-ring (bicyclic) bond motifs is 1. The van der Waals surface area contributed by atoms with Crippen LogP contribution in [0.3, 0.4) is 0 Å². The maximum atomic E-state index is 10.3. The van der Waals surface area contributed by atoms with Crippen LogP contribution in [0.15, 0.2) is 6.33 Å². The number of aliphatic hydroxyl groups excluding tert-OH is 2. The predicted octanol–water partition coefficient (Wildman–Crippen LogP) is -0.663. The van der Waals surface area contributed by atoms with E-state index in [9.17, 15) is 10.2 Å². The number of nitrogens with one attached hydrogen (secondary N) is 1. The van der Waals surface area contributed by atoms with Gasteiger partial charge in [-0.05, 0) is 0 Å². The van der Waals surface area contributed by atoms with Gasteiger partial charge in [-0.1, -0.05) is 12.2 Å². The number of H-pyrrole nitrogens is 1. The molecule has 1 fully saturated rings. The Balaban J connectivity index is 2.07. The van der Waals surface area contributed by atoms with Crippen LogP contribution in [0.4, 0.5) is 5.95 Å². The van der Waals surface area contributed by atoms with Crippen LogP contribution in [-0.4, -0.2) is 61.8 Å². The van der Waals surface area contributed by atoms with Crippen molar-refractivity contribution in [3.63, 3.8) is 0 Å². The molecular formula is C11H15N5O4S. The number of hydrogen-bond donors (Lipinski definition) is 4. The van der Waals surface area contributed by atoms with E-state index in [0.29, 0.717) is 11.2 Å². The Hall–Kier alpha value is -1.59. The fraction of sp³-hybridized carbons (Fsp3) is 0.545. The SMILES string of the molecule is CO[C@@H]1[C@@H](O)[C@@H](n2cnc3c(=S)nc(N)[nH]c32)O[C@@H]1CO. The molecule has 114 valence electrons. The minimum absolute atomic E-state index is 0.142. The summed E-state index contributed by atoms with van der Waals surface area (Å²) in [5, 5.41) is 19.6. The quantitative estimate of drug-likeness (QED) is 0.549. The van der Waals surface area contributed by atoms with Gasteiger partial charge in [-0.3, -0.25) is 4.57 Å². The second kappa shape index (κ2) is 5.31. The minimum atomic E-state index is -0.971. The molecule has 0 aromatic carbocycles. The van der Waals surface area contributed by atoms with Crippen molar-refractivity contribution in [1.29, 1.82) is 0 Å². The molecule has 2 aromatic rings. The molecule has 10 heteroatoms. The topological polar surface area (TPSA) is 131 Å². The molecule has 1 saturated heterocycles. The zero-order chi connectivity index (χ0) is 15.1. The number of nitrogen functional groups attached to an aromatic ring is 1. The molecule has 4 atom stereocenters. The van der Waals surface area contributed by atoms with Crippen LogP contribution in [0.5, 0.6) is 0 Å². The number of anilines is 1. The van der Waals surface area contributed by atoms with Crippen LogP contribution in [-0.2, 0) is 9.47 Å². The molecule has 0 bridgehead atoms. The van der Waals surface area contributed by atoms with Gasteiger partial charge in [0.15, 0.2) is 16.8 Å². The van der Waals surface area contributed by atoms with Crippen molar-refractivity contribution in [2.24, 2.45) is 0 Å². The van der Waals surface area contributed by atoms with Crippen LogP contribution in [0, 0.1) is 4.64 Å². The minimum Gasteiger partial charge on any atom is -0.394 e. The Bertz CT molecular complexity index is 716. The van der Waals surface area contributed by atoms with Gasteiger partial charge >= 0.3 is 0 Å². The number of rotatable bonds is 3. The largest absolute Gasteiger partial charge is 0.394 e. The van der Waals surface area contributed by atoms with Crippen molar-refractivity contribution in [3.05, 3.63) is 11.0 Å². The van der Waals surface area contributed by atoms with Gasteiger partial charge in [-0.15, -0.1) is 0 Å². The van der Waals surface area contributed by atoms with Crippen LogP contribution < -0.4 is 5.73 Å². The summed E-state index contributed by atoms with van der Waals surface area (Å²) in [4.78, 5) is 10.9. The highest BCUT2D eigenvalue weighted by atomic mass is 32.1. The summed E-state index contributed by atoms with van der Waals surface area (Å²) in [6.45, 7) is -0.265. The molecule has 0 spiro atoms. The van der Waals surface area contributed by atoms with Gasteiger partial charge in [-0.25, -0.2) is 9.97 Å². The number of nitrogens with zero attached hydrogens (tertiary/aromatic N) is 3. The summed E-state index contributed by atoms with van der Waals surface area (Å²) in [7, 11) is 1.45. The lowest BCUT2D eigenvalue weighted by Gasteiger charge is -2.18. The number of aromatic nitrogens is 4. The fourth-order valence-electron chi connectivity index (χ4n) is 2.53. The average Bonchev–Trinajstić information content (AvgIpc) is 2.99. The third-order valence-electron chi connectivity index (χ3n) is 3.50. The zero-order valence-corrected chi connectivity index (χ0v) is 11.9. The normalized spacial score (nSPS) is 29.3. The number of methoxy groups -OCH3 is 1. The maximum Gasteiger partial charge on any atom is 0.200 e. The van der Waals surface area contributed by atoms with Crippen molar-refractivity contribution < 1.29 is 19.7 Å². The first-order valence-electron chi connectivity index (χ1n) is 6.26. The third kappa shape index (κ3) is 2.21. The van der Waals surface area contributed by atoms with Gasteiger partial charge in [0.05, 0.1) is 12.9 Å². The lowest BCUT2D eigenvalue weighted by molar-refractivity contribution is -0.0535. The molecule has 9 nitrogen and oxygen atoms in total. The number of hydrogen-bond acceptors (Lipinski definition) is 8. The van der Waals surface area contributed by atoms with Gasteiger partial charge in [0.25, 0.3) is 0 Å². The first-order valence-corrected chi connectivity index (χ1v) is 6.67. The zero-order valence-electron chi connectivity index (χ0n) is 11.1. The molecule has 2 aromatic heterocycles. The van der Waals surface area contributed by atoms with Crippen molar-refractivity contribution in [3.8, 4) is 0 Å². The molecule has 3 heterocycles. The van der Waals surface area contributed by atoms with E-state index in [2.05, 4.69) is 15.0 Å². The summed E-state index contributed by atoms with van der Waals surface area (Å²) in [6, 6.07) is 0. The number of aromatic amines is 1. The van der Waals surface area contributed by atoms with Gasteiger partial charge in [-0.2, -0.15) is 0 Å². The van der Waals surface area contributed by atoms with Gasteiger partial charge in [0, 0.05) is 7.11 Å². The van der Waals surface area contributed by atoms with Gasteiger partial charge < -0.3 is 30.4 Å². The van der Waals surface area contributed by atoms with E-state index >= 15 is 0 Å². The highest BCUT2D eigenvalue weighted by Crippen LogP contribution is 2.32. The molecule has 0 unspecified atom stereocenters. The Labute approximate surface area is 124 Å². The number of nitrogens with two attached hydrogens (primary N) is 1. The maximum absolute atomic E-state index is 10.3. The number of aliphatic hydroxyl groups is 2. The summed E-state index contributed by atoms with van der Waals surface area (Å²) in [5.41, 5.74) is 6.60. The van der Waals surface area contributed by atoms with E-state index in [1.54, 1.807) is 4.57 Å². The monoisotopic (exact) mass is 313 g/mol. The Morgan fingerprint density at radius 1 is 1.62 bits per heavy atom. The van der Waals surface area contributed by atoms with Crippen LogP contribution in [0.1, 0.15) is 6.23 Å². The standard InChI is InChI=1S/C11H15N5O4S/c1-19-7-4(2-17)20-10(6(7)18)16-3-13-5-8(16)14-11(12)15-9(5)21/h3-4,6-7,10,17-18H,2H2,1H3,(H3,12,14,15,21)/t4-,6-,7+,10+/m1/s1. The summed E-state index contributed by atoms with van der Waals surface area (Å²) >= 11 is 5.10. The van der Waals surface area contributed by atoms with Crippen molar-refractivity contribution in [2.75, 3.05) is 19.5 Å². The molecule has 0 radical (unpaired) electrons. The van der Waals surface area contributed by atoms with Crippen LogP contribution in [0.2, 0.25) is 0 Å². The van der Waals surface area contributed by atoms with E-state index in [4.69, 9.17) is 27.4 Å². The number of ether oxygens (including phenoxy) is 2. The summed E-state index contributed by atoms with van der Waals surface area (Å²) in [6.07, 6.45) is -1.54. The second-order valence-electron chi connectivity index (χ2n) is 4.71.